The van der Waals surface area contributed by atoms with Crippen LogP contribution in [0.4, 0.5) is 10.1 Å². The van der Waals surface area contributed by atoms with Crippen molar-refractivity contribution in [2.75, 3.05) is 11.4 Å². The van der Waals surface area contributed by atoms with Gasteiger partial charge in [-0.15, -0.1) is 0 Å². The Labute approximate surface area is 95.2 Å². The molecule has 1 saturated carbocycles. The Hall–Kier alpha value is -1.09. The Bertz CT molecular complexity index is 376. The van der Waals surface area contributed by atoms with E-state index in [1.807, 2.05) is 12.1 Å². The standard InChI is InChI=1S/C13H17FN2/c14-10-1-3-11(4-2-10)16-8-9-7-12(16)5-6-13(9)15/h1-4,9,12-13H,5-8,15H2. The molecular formula is C13H17FN2. The molecule has 3 heteroatoms. The normalized spacial score (nSPS) is 33.1. The minimum Gasteiger partial charge on any atom is -0.368 e. The number of anilines is 1. The van der Waals surface area contributed by atoms with Gasteiger partial charge in [-0.05, 0) is 49.4 Å². The fourth-order valence-electron chi connectivity index (χ4n) is 3.11. The molecule has 2 N–H and O–H groups in total. The molecule has 0 spiro atoms. The summed E-state index contributed by atoms with van der Waals surface area (Å²) in [5, 5.41) is 0. The highest BCUT2D eigenvalue weighted by Gasteiger charge is 2.39. The van der Waals surface area contributed by atoms with Crippen molar-refractivity contribution in [2.24, 2.45) is 11.7 Å². The van der Waals surface area contributed by atoms with Gasteiger partial charge >= 0.3 is 0 Å². The van der Waals surface area contributed by atoms with E-state index >= 15 is 0 Å². The lowest BCUT2D eigenvalue weighted by atomic mass is 9.86. The summed E-state index contributed by atoms with van der Waals surface area (Å²) in [6.45, 7) is 1.04. The number of fused-ring (bicyclic) bond motifs is 2. The fourth-order valence-corrected chi connectivity index (χ4v) is 3.11. The summed E-state index contributed by atoms with van der Waals surface area (Å²) in [4.78, 5) is 2.40. The third-order valence-electron chi connectivity index (χ3n) is 4.04. The third-order valence-corrected chi connectivity index (χ3v) is 4.04. The fraction of sp³-hybridized carbons (Fsp3) is 0.538. The number of nitrogens with two attached hydrogens (primary N) is 1. The van der Waals surface area contributed by atoms with Gasteiger partial charge in [0.15, 0.2) is 0 Å². The first-order chi connectivity index (χ1) is 7.74. The molecule has 16 heavy (non-hydrogen) atoms. The first-order valence-electron chi connectivity index (χ1n) is 6.02. The van der Waals surface area contributed by atoms with Crippen molar-refractivity contribution >= 4 is 5.69 Å². The van der Waals surface area contributed by atoms with Gasteiger partial charge < -0.3 is 10.6 Å². The highest BCUT2D eigenvalue weighted by Crippen LogP contribution is 2.37. The third kappa shape index (κ3) is 1.59. The van der Waals surface area contributed by atoms with Crippen LogP contribution in [0.3, 0.4) is 0 Å². The van der Waals surface area contributed by atoms with Crippen LogP contribution in [0.2, 0.25) is 0 Å². The number of hydrogen-bond donors (Lipinski definition) is 1. The van der Waals surface area contributed by atoms with Gasteiger partial charge in [-0.2, -0.15) is 0 Å². The smallest absolute Gasteiger partial charge is 0.123 e. The summed E-state index contributed by atoms with van der Waals surface area (Å²) in [6, 6.07) is 7.81. The van der Waals surface area contributed by atoms with Gasteiger partial charge in [-0.3, -0.25) is 0 Å². The lowest BCUT2D eigenvalue weighted by molar-refractivity contribution is 0.358. The Kier molecular flexibility index (Phi) is 2.36. The lowest BCUT2D eigenvalue weighted by Crippen LogP contribution is -2.33. The molecule has 1 saturated heterocycles. The van der Waals surface area contributed by atoms with E-state index in [9.17, 15) is 4.39 Å². The molecule has 3 rings (SSSR count). The first kappa shape index (κ1) is 10.1. The van der Waals surface area contributed by atoms with Crippen LogP contribution in [0.25, 0.3) is 0 Å². The van der Waals surface area contributed by atoms with Crippen molar-refractivity contribution in [1.29, 1.82) is 0 Å². The average Bonchev–Trinajstić information content (AvgIpc) is 2.65. The first-order valence-corrected chi connectivity index (χ1v) is 6.02. The molecule has 1 aromatic rings. The van der Waals surface area contributed by atoms with Gasteiger partial charge in [-0.25, -0.2) is 4.39 Å². The second kappa shape index (κ2) is 3.74. The summed E-state index contributed by atoms with van der Waals surface area (Å²) in [7, 11) is 0. The lowest BCUT2D eigenvalue weighted by Gasteiger charge is -2.27. The van der Waals surface area contributed by atoms with Crippen molar-refractivity contribution in [2.45, 2.75) is 31.3 Å². The van der Waals surface area contributed by atoms with E-state index in [1.54, 1.807) is 0 Å². The van der Waals surface area contributed by atoms with Crippen LogP contribution in [-0.2, 0) is 0 Å². The van der Waals surface area contributed by atoms with Crippen molar-refractivity contribution < 1.29 is 4.39 Å². The van der Waals surface area contributed by atoms with E-state index in [4.69, 9.17) is 5.73 Å². The van der Waals surface area contributed by atoms with Crippen LogP contribution in [0.15, 0.2) is 24.3 Å². The number of halogens is 1. The molecular weight excluding hydrogens is 203 g/mol. The SMILES string of the molecule is NC1CCC2CC1CN2c1ccc(F)cc1. The van der Waals surface area contributed by atoms with Crippen LogP contribution in [0.5, 0.6) is 0 Å². The average molecular weight is 220 g/mol. The monoisotopic (exact) mass is 220 g/mol. The molecule has 1 aromatic carbocycles. The zero-order valence-corrected chi connectivity index (χ0v) is 9.27. The van der Waals surface area contributed by atoms with Gasteiger partial charge in [0.25, 0.3) is 0 Å². The number of nitrogens with zero attached hydrogens (tertiary/aromatic N) is 1. The maximum absolute atomic E-state index is 12.9. The van der Waals surface area contributed by atoms with E-state index < -0.39 is 0 Å². The summed E-state index contributed by atoms with van der Waals surface area (Å²) in [5.41, 5.74) is 7.24. The summed E-state index contributed by atoms with van der Waals surface area (Å²) in [6.07, 6.45) is 3.51. The molecule has 1 heterocycles. The van der Waals surface area contributed by atoms with Crippen LogP contribution in [0, 0.1) is 11.7 Å². The van der Waals surface area contributed by atoms with Crippen molar-refractivity contribution in [1.82, 2.24) is 0 Å². The Morgan fingerprint density at radius 2 is 1.94 bits per heavy atom. The van der Waals surface area contributed by atoms with Crippen LogP contribution in [-0.4, -0.2) is 18.6 Å². The van der Waals surface area contributed by atoms with Gasteiger partial charge in [-0.1, -0.05) is 0 Å². The maximum Gasteiger partial charge on any atom is 0.123 e. The van der Waals surface area contributed by atoms with Gasteiger partial charge in [0.05, 0.1) is 0 Å². The van der Waals surface area contributed by atoms with E-state index in [0.29, 0.717) is 18.0 Å². The second-order valence-electron chi connectivity index (χ2n) is 5.02. The molecule has 86 valence electrons. The van der Waals surface area contributed by atoms with Gasteiger partial charge in [0, 0.05) is 24.3 Å². The number of hydrogen-bond acceptors (Lipinski definition) is 2. The highest BCUT2D eigenvalue weighted by atomic mass is 19.1. The molecule has 2 aliphatic rings. The minimum atomic E-state index is -0.164. The van der Waals surface area contributed by atoms with E-state index in [0.717, 1.165) is 18.7 Å². The Balaban J connectivity index is 1.84. The van der Waals surface area contributed by atoms with Crippen molar-refractivity contribution in [3.8, 4) is 0 Å². The number of benzene rings is 1. The van der Waals surface area contributed by atoms with E-state index in [1.165, 1.54) is 25.0 Å². The second-order valence-corrected chi connectivity index (χ2v) is 5.02. The molecule has 2 bridgehead atoms. The zero-order chi connectivity index (χ0) is 11.1. The quantitative estimate of drug-likeness (QED) is 0.785. The molecule has 3 atom stereocenters. The predicted molar refractivity (Wildman–Crippen MR) is 62.9 cm³/mol. The van der Waals surface area contributed by atoms with Crippen LogP contribution < -0.4 is 10.6 Å². The molecule has 0 radical (unpaired) electrons. The van der Waals surface area contributed by atoms with Gasteiger partial charge in [0.2, 0.25) is 0 Å². The van der Waals surface area contributed by atoms with Gasteiger partial charge in [0.1, 0.15) is 5.82 Å². The van der Waals surface area contributed by atoms with Crippen molar-refractivity contribution in [3.05, 3.63) is 30.1 Å². The molecule has 1 aliphatic heterocycles. The predicted octanol–water partition coefficient (Wildman–Crippen LogP) is 2.14. The van der Waals surface area contributed by atoms with Crippen LogP contribution >= 0.6 is 0 Å². The number of rotatable bonds is 1. The largest absolute Gasteiger partial charge is 0.368 e. The molecule has 0 amide bonds. The summed E-state index contributed by atoms with van der Waals surface area (Å²) in [5.74, 6) is 0.464. The minimum absolute atomic E-state index is 0.164. The summed E-state index contributed by atoms with van der Waals surface area (Å²) >= 11 is 0. The molecule has 2 nitrogen and oxygen atoms in total. The topological polar surface area (TPSA) is 29.3 Å². The van der Waals surface area contributed by atoms with E-state index in [-0.39, 0.29) is 5.82 Å². The molecule has 3 unspecified atom stereocenters. The molecule has 2 fully saturated rings. The maximum atomic E-state index is 12.9. The summed E-state index contributed by atoms with van der Waals surface area (Å²) < 4.78 is 12.9. The Morgan fingerprint density at radius 3 is 2.62 bits per heavy atom. The zero-order valence-electron chi connectivity index (χ0n) is 9.27. The van der Waals surface area contributed by atoms with E-state index in [2.05, 4.69) is 4.90 Å². The highest BCUT2D eigenvalue weighted by molar-refractivity contribution is 5.49. The van der Waals surface area contributed by atoms with Crippen molar-refractivity contribution in [3.63, 3.8) is 0 Å². The molecule has 0 aromatic heterocycles. The van der Waals surface area contributed by atoms with Crippen LogP contribution in [0.1, 0.15) is 19.3 Å². The Morgan fingerprint density at radius 1 is 1.19 bits per heavy atom. The molecule has 1 aliphatic carbocycles.